The number of rotatable bonds is 0. The van der Waals surface area contributed by atoms with Crippen LogP contribution in [-0.2, 0) is 0 Å². The molecule has 0 radical (unpaired) electrons. The molecule has 0 bridgehead atoms. The van der Waals surface area contributed by atoms with Crippen molar-refractivity contribution < 1.29 is 0 Å². The minimum Gasteiger partial charge on any atom is -0.297 e. The molecule has 0 aromatic rings. The second-order valence-electron chi connectivity index (χ2n) is 3.18. The summed E-state index contributed by atoms with van der Waals surface area (Å²) in [7, 11) is 0. The molecule has 0 N–H and O–H groups in total. The Bertz CT molecular complexity index is 223. The molecular weight excluding hydrogens is 134 g/mol. The largest absolute Gasteiger partial charge is 0.297 e. The van der Waals surface area contributed by atoms with Gasteiger partial charge >= 0.3 is 0 Å². The lowest BCUT2D eigenvalue weighted by atomic mass is 9.88. The summed E-state index contributed by atoms with van der Waals surface area (Å²) in [6.07, 6.45) is 12.3. The van der Waals surface area contributed by atoms with Crippen LogP contribution < -0.4 is 0 Å². The third kappa shape index (κ3) is 1.42. The average Bonchev–Trinajstić information content (AvgIpc) is 2.28. The highest BCUT2D eigenvalue weighted by atomic mass is 14.7. The summed E-state index contributed by atoms with van der Waals surface area (Å²) in [6, 6.07) is 0. The molecule has 1 aliphatic carbocycles. The van der Waals surface area contributed by atoms with Crippen LogP contribution in [0.1, 0.15) is 19.3 Å². The summed E-state index contributed by atoms with van der Waals surface area (Å²) in [4.78, 5) is 4.30. The van der Waals surface area contributed by atoms with E-state index in [0.717, 1.165) is 18.9 Å². The standard InChI is InChI=1S/C10H13N/c1-2-4-10-6-8-11-7-5-9(10)3-1/h1-3,7,10H,4-6,8H2. The lowest BCUT2D eigenvalue weighted by molar-refractivity contribution is 0.574. The molecule has 1 unspecified atom stereocenters. The van der Waals surface area contributed by atoms with Gasteiger partial charge in [0.2, 0.25) is 0 Å². The molecular formula is C10H13N. The Labute approximate surface area is 67.5 Å². The Morgan fingerprint density at radius 1 is 1.45 bits per heavy atom. The molecule has 0 aromatic heterocycles. The van der Waals surface area contributed by atoms with Crippen molar-refractivity contribution in [3.63, 3.8) is 0 Å². The van der Waals surface area contributed by atoms with Crippen LogP contribution in [0.15, 0.2) is 28.8 Å². The Morgan fingerprint density at radius 2 is 2.45 bits per heavy atom. The molecule has 0 aromatic carbocycles. The van der Waals surface area contributed by atoms with E-state index < -0.39 is 0 Å². The maximum atomic E-state index is 4.30. The quantitative estimate of drug-likeness (QED) is 0.498. The van der Waals surface area contributed by atoms with Crippen molar-refractivity contribution in [3.8, 4) is 0 Å². The van der Waals surface area contributed by atoms with Crippen molar-refractivity contribution in [2.75, 3.05) is 6.54 Å². The minimum absolute atomic E-state index is 0.794. The maximum absolute atomic E-state index is 4.30. The van der Waals surface area contributed by atoms with E-state index in [4.69, 9.17) is 0 Å². The maximum Gasteiger partial charge on any atom is 0.0391 e. The van der Waals surface area contributed by atoms with Gasteiger partial charge in [-0.1, -0.05) is 23.8 Å². The summed E-state index contributed by atoms with van der Waals surface area (Å²) in [5.74, 6) is 0.794. The van der Waals surface area contributed by atoms with E-state index in [1.165, 1.54) is 12.8 Å². The Hall–Kier alpha value is -0.850. The van der Waals surface area contributed by atoms with Gasteiger partial charge in [0, 0.05) is 19.2 Å². The summed E-state index contributed by atoms with van der Waals surface area (Å²) in [6.45, 7) is 1.02. The molecule has 0 saturated carbocycles. The average molecular weight is 147 g/mol. The number of allylic oxidation sites excluding steroid dienone is 4. The topological polar surface area (TPSA) is 12.4 Å². The van der Waals surface area contributed by atoms with Crippen LogP contribution in [0.5, 0.6) is 0 Å². The second kappa shape index (κ2) is 3.04. The zero-order valence-electron chi connectivity index (χ0n) is 6.66. The lowest BCUT2D eigenvalue weighted by Crippen LogP contribution is -2.05. The highest BCUT2D eigenvalue weighted by Crippen LogP contribution is 2.27. The van der Waals surface area contributed by atoms with E-state index in [-0.39, 0.29) is 0 Å². The number of hydrogen-bond donors (Lipinski definition) is 0. The van der Waals surface area contributed by atoms with E-state index in [2.05, 4.69) is 29.4 Å². The lowest BCUT2D eigenvalue weighted by Gasteiger charge is -2.17. The summed E-state index contributed by atoms with van der Waals surface area (Å²) in [5, 5.41) is 0. The van der Waals surface area contributed by atoms with Crippen molar-refractivity contribution in [1.29, 1.82) is 0 Å². The number of hydrogen-bond acceptors (Lipinski definition) is 1. The Kier molecular flexibility index (Phi) is 1.89. The van der Waals surface area contributed by atoms with Crippen LogP contribution in [0.2, 0.25) is 0 Å². The van der Waals surface area contributed by atoms with E-state index in [0.29, 0.717) is 0 Å². The van der Waals surface area contributed by atoms with Crippen molar-refractivity contribution in [3.05, 3.63) is 23.8 Å². The summed E-state index contributed by atoms with van der Waals surface area (Å²) in [5.41, 5.74) is 1.58. The van der Waals surface area contributed by atoms with Crippen LogP contribution >= 0.6 is 0 Å². The van der Waals surface area contributed by atoms with Crippen LogP contribution in [-0.4, -0.2) is 12.8 Å². The molecule has 11 heavy (non-hydrogen) atoms. The van der Waals surface area contributed by atoms with Crippen molar-refractivity contribution >= 4 is 6.21 Å². The zero-order chi connectivity index (χ0) is 7.52. The fourth-order valence-electron chi connectivity index (χ4n) is 1.75. The Balaban J connectivity index is 2.18. The molecule has 0 saturated heterocycles. The summed E-state index contributed by atoms with van der Waals surface area (Å²) < 4.78 is 0. The number of aliphatic imine (C=N–C) groups is 1. The van der Waals surface area contributed by atoms with Gasteiger partial charge in [0.15, 0.2) is 0 Å². The predicted octanol–water partition coefficient (Wildman–Crippen LogP) is 2.35. The molecule has 0 amide bonds. The molecule has 2 rings (SSSR count). The van der Waals surface area contributed by atoms with Gasteiger partial charge in [0.25, 0.3) is 0 Å². The molecule has 1 aliphatic heterocycles. The SMILES string of the molecule is C1=CCC2CCN=CCC2=C1. The third-order valence-corrected chi connectivity index (χ3v) is 2.45. The van der Waals surface area contributed by atoms with Crippen molar-refractivity contribution in [2.45, 2.75) is 19.3 Å². The predicted molar refractivity (Wildman–Crippen MR) is 47.9 cm³/mol. The van der Waals surface area contributed by atoms with Gasteiger partial charge in [-0.2, -0.15) is 0 Å². The van der Waals surface area contributed by atoms with E-state index in [1.54, 1.807) is 5.57 Å². The minimum atomic E-state index is 0.794. The van der Waals surface area contributed by atoms with Gasteiger partial charge in [-0.15, -0.1) is 0 Å². The van der Waals surface area contributed by atoms with Gasteiger partial charge in [0.1, 0.15) is 0 Å². The molecule has 1 nitrogen and oxygen atoms in total. The van der Waals surface area contributed by atoms with E-state index in [1.807, 2.05) is 0 Å². The Morgan fingerprint density at radius 3 is 3.45 bits per heavy atom. The highest BCUT2D eigenvalue weighted by molar-refractivity contribution is 5.62. The first kappa shape index (κ1) is 6.84. The molecule has 1 atom stereocenters. The van der Waals surface area contributed by atoms with Crippen LogP contribution in [0, 0.1) is 5.92 Å². The molecule has 2 aliphatic rings. The van der Waals surface area contributed by atoms with Gasteiger partial charge < -0.3 is 0 Å². The van der Waals surface area contributed by atoms with Gasteiger partial charge in [0.05, 0.1) is 0 Å². The van der Waals surface area contributed by atoms with Crippen molar-refractivity contribution in [2.24, 2.45) is 10.9 Å². The first-order chi connectivity index (χ1) is 5.47. The van der Waals surface area contributed by atoms with Gasteiger partial charge in [-0.3, -0.25) is 4.99 Å². The monoisotopic (exact) mass is 147 g/mol. The highest BCUT2D eigenvalue weighted by Gasteiger charge is 2.15. The smallest absolute Gasteiger partial charge is 0.0391 e. The van der Waals surface area contributed by atoms with Crippen LogP contribution in [0.4, 0.5) is 0 Å². The second-order valence-corrected chi connectivity index (χ2v) is 3.18. The fraction of sp³-hybridized carbons (Fsp3) is 0.500. The summed E-state index contributed by atoms with van der Waals surface area (Å²) >= 11 is 0. The van der Waals surface area contributed by atoms with Crippen LogP contribution in [0.3, 0.4) is 0 Å². The zero-order valence-corrected chi connectivity index (χ0v) is 6.66. The van der Waals surface area contributed by atoms with E-state index >= 15 is 0 Å². The van der Waals surface area contributed by atoms with Crippen molar-refractivity contribution in [1.82, 2.24) is 0 Å². The first-order valence-corrected chi connectivity index (χ1v) is 4.30. The fourth-order valence-corrected chi connectivity index (χ4v) is 1.75. The molecule has 58 valence electrons. The normalized spacial score (nSPS) is 29.1. The van der Waals surface area contributed by atoms with Gasteiger partial charge in [-0.25, -0.2) is 0 Å². The third-order valence-electron chi connectivity index (χ3n) is 2.45. The van der Waals surface area contributed by atoms with E-state index in [9.17, 15) is 0 Å². The molecule has 0 spiro atoms. The van der Waals surface area contributed by atoms with Crippen LogP contribution in [0.25, 0.3) is 0 Å². The number of fused-ring (bicyclic) bond motifs is 1. The number of nitrogens with zero attached hydrogens (tertiary/aromatic N) is 1. The molecule has 0 fully saturated rings. The molecule has 1 heteroatoms. The van der Waals surface area contributed by atoms with Gasteiger partial charge in [-0.05, 0) is 18.8 Å². The first-order valence-electron chi connectivity index (χ1n) is 4.30. The molecule has 1 heterocycles.